The first kappa shape index (κ1) is 13.0. The Morgan fingerprint density at radius 1 is 1.28 bits per heavy atom. The first-order valence-electron chi connectivity index (χ1n) is 5.95. The monoisotopic (exact) mass is 255 g/mol. The summed E-state index contributed by atoms with van der Waals surface area (Å²) < 4.78 is 26.1. The highest BCUT2D eigenvalue weighted by atomic mass is 19.1. The van der Waals surface area contributed by atoms with E-state index in [1.54, 1.807) is 0 Å². The fourth-order valence-electron chi connectivity index (χ4n) is 2.01. The molecule has 0 radical (unpaired) electrons. The lowest BCUT2D eigenvalue weighted by Crippen LogP contribution is -2.28. The van der Waals surface area contributed by atoms with Crippen molar-refractivity contribution in [1.29, 1.82) is 0 Å². The van der Waals surface area contributed by atoms with Crippen LogP contribution in [0.2, 0.25) is 0 Å². The average Bonchev–Trinajstić information content (AvgIpc) is 3.06. The van der Waals surface area contributed by atoms with E-state index < -0.39 is 17.6 Å². The Balaban J connectivity index is 2.01. The third-order valence-electron chi connectivity index (χ3n) is 2.98. The Morgan fingerprint density at radius 2 is 1.89 bits per heavy atom. The standard InChI is InChI=1S/C13H15F2NO2/c14-10-5-9(6-11(15)7-10)8-16(12-1-2-12)4-3-13(17)18/h5-7,12H,1-4,8H2,(H,17,18). The second-order valence-corrected chi connectivity index (χ2v) is 4.62. The van der Waals surface area contributed by atoms with Gasteiger partial charge in [-0.2, -0.15) is 0 Å². The maximum absolute atomic E-state index is 13.1. The lowest BCUT2D eigenvalue weighted by Gasteiger charge is -2.21. The molecule has 98 valence electrons. The van der Waals surface area contributed by atoms with Crippen LogP contribution < -0.4 is 0 Å². The summed E-state index contributed by atoms with van der Waals surface area (Å²) >= 11 is 0. The summed E-state index contributed by atoms with van der Waals surface area (Å²) in [5.74, 6) is -2.05. The number of hydrogen-bond acceptors (Lipinski definition) is 2. The molecule has 1 fully saturated rings. The number of rotatable bonds is 6. The van der Waals surface area contributed by atoms with E-state index in [0.29, 0.717) is 24.7 Å². The average molecular weight is 255 g/mol. The summed E-state index contributed by atoms with van der Waals surface area (Å²) in [6, 6.07) is 3.77. The Bertz CT molecular complexity index is 426. The largest absolute Gasteiger partial charge is 0.481 e. The molecule has 1 aromatic carbocycles. The maximum atomic E-state index is 13.1. The number of carbonyl (C=O) groups is 1. The molecule has 0 spiro atoms. The second-order valence-electron chi connectivity index (χ2n) is 4.62. The third kappa shape index (κ3) is 3.77. The molecule has 0 unspecified atom stereocenters. The van der Waals surface area contributed by atoms with Gasteiger partial charge in [0, 0.05) is 25.2 Å². The third-order valence-corrected chi connectivity index (χ3v) is 2.98. The maximum Gasteiger partial charge on any atom is 0.304 e. The molecule has 5 heteroatoms. The zero-order valence-corrected chi connectivity index (χ0v) is 9.90. The van der Waals surface area contributed by atoms with Crippen molar-refractivity contribution < 1.29 is 18.7 Å². The molecule has 1 aromatic rings. The van der Waals surface area contributed by atoms with E-state index in [0.717, 1.165) is 18.9 Å². The SMILES string of the molecule is O=C(O)CCN(Cc1cc(F)cc(F)c1)C1CC1. The van der Waals surface area contributed by atoms with Crippen LogP contribution in [0, 0.1) is 11.6 Å². The molecular formula is C13H15F2NO2. The van der Waals surface area contributed by atoms with Gasteiger partial charge in [-0.05, 0) is 30.5 Å². The van der Waals surface area contributed by atoms with Crippen LogP contribution in [0.1, 0.15) is 24.8 Å². The van der Waals surface area contributed by atoms with Gasteiger partial charge in [0.1, 0.15) is 11.6 Å². The summed E-state index contributed by atoms with van der Waals surface area (Å²) in [6.07, 6.45) is 2.10. The molecule has 2 rings (SSSR count). The minimum absolute atomic E-state index is 0.0499. The molecule has 1 N–H and O–H groups in total. The van der Waals surface area contributed by atoms with Gasteiger partial charge in [-0.15, -0.1) is 0 Å². The molecule has 18 heavy (non-hydrogen) atoms. The van der Waals surface area contributed by atoms with Gasteiger partial charge in [-0.25, -0.2) is 8.78 Å². The van der Waals surface area contributed by atoms with Gasteiger partial charge in [0.25, 0.3) is 0 Å². The summed E-state index contributed by atoms with van der Waals surface area (Å²) in [5.41, 5.74) is 0.546. The van der Waals surface area contributed by atoms with E-state index >= 15 is 0 Å². The van der Waals surface area contributed by atoms with Crippen LogP contribution in [0.25, 0.3) is 0 Å². The fraction of sp³-hybridized carbons (Fsp3) is 0.462. The first-order chi connectivity index (χ1) is 8.54. The summed E-state index contributed by atoms with van der Waals surface area (Å²) in [6.45, 7) is 0.810. The molecule has 0 amide bonds. The minimum Gasteiger partial charge on any atom is -0.481 e. The lowest BCUT2D eigenvalue weighted by atomic mass is 10.2. The molecule has 3 nitrogen and oxygen atoms in total. The molecular weight excluding hydrogens is 240 g/mol. The number of carboxylic acids is 1. The minimum atomic E-state index is -0.855. The van der Waals surface area contributed by atoms with Gasteiger partial charge in [0.05, 0.1) is 6.42 Å². The molecule has 0 saturated heterocycles. The molecule has 1 aliphatic rings. The summed E-state index contributed by atoms with van der Waals surface area (Å²) in [4.78, 5) is 12.5. The molecule has 0 heterocycles. The predicted molar refractivity (Wildman–Crippen MR) is 62.0 cm³/mol. The molecule has 0 bridgehead atoms. The van der Waals surface area contributed by atoms with Gasteiger partial charge >= 0.3 is 5.97 Å². The predicted octanol–water partition coefficient (Wildman–Crippen LogP) is 2.40. The van der Waals surface area contributed by atoms with Crippen molar-refractivity contribution in [2.75, 3.05) is 6.54 Å². The number of aliphatic carboxylic acids is 1. The number of carboxylic acid groups (broad SMARTS) is 1. The van der Waals surface area contributed by atoms with E-state index in [-0.39, 0.29) is 6.42 Å². The van der Waals surface area contributed by atoms with Crippen LogP contribution in [0.15, 0.2) is 18.2 Å². The van der Waals surface area contributed by atoms with E-state index in [1.165, 1.54) is 12.1 Å². The smallest absolute Gasteiger partial charge is 0.304 e. The van der Waals surface area contributed by atoms with Gasteiger partial charge in [-0.1, -0.05) is 0 Å². The van der Waals surface area contributed by atoms with Crippen molar-refractivity contribution in [3.05, 3.63) is 35.4 Å². The molecule has 0 atom stereocenters. The number of nitrogens with zero attached hydrogens (tertiary/aromatic N) is 1. The van der Waals surface area contributed by atoms with Gasteiger partial charge < -0.3 is 5.11 Å². The zero-order chi connectivity index (χ0) is 13.1. The van der Waals surface area contributed by atoms with Crippen molar-refractivity contribution >= 4 is 5.97 Å². The Hall–Kier alpha value is -1.49. The molecule has 0 aliphatic heterocycles. The van der Waals surface area contributed by atoms with E-state index in [4.69, 9.17) is 5.11 Å². The Labute approximate surface area is 104 Å². The highest BCUT2D eigenvalue weighted by Crippen LogP contribution is 2.28. The van der Waals surface area contributed by atoms with Crippen LogP contribution in [-0.4, -0.2) is 28.6 Å². The van der Waals surface area contributed by atoms with Crippen LogP contribution in [0.3, 0.4) is 0 Å². The van der Waals surface area contributed by atoms with Crippen molar-refractivity contribution in [2.24, 2.45) is 0 Å². The quantitative estimate of drug-likeness (QED) is 0.848. The van der Waals surface area contributed by atoms with Gasteiger partial charge in [0.15, 0.2) is 0 Å². The normalized spacial score (nSPS) is 15.1. The van der Waals surface area contributed by atoms with Crippen LogP contribution in [-0.2, 0) is 11.3 Å². The highest BCUT2D eigenvalue weighted by Gasteiger charge is 2.29. The van der Waals surface area contributed by atoms with Crippen molar-refractivity contribution in [2.45, 2.75) is 31.8 Å². The topological polar surface area (TPSA) is 40.5 Å². The van der Waals surface area contributed by atoms with Gasteiger partial charge in [-0.3, -0.25) is 9.69 Å². The lowest BCUT2D eigenvalue weighted by molar-refractivity contribution is -0.137. The van der Waals surface area contributed by atoms with Crippen LogP contribution in [0.4, 0.5) is 8.78 Å². The highest BCUT2D eigenvalue weighted by molar-refractivity contribution is 5.66. The van der Waals surface area contributed by atoms with Crippen LogP contribution >= 0.6 is 0 Å². The Morgan fingerprint density at radius 3 is 2.39 bits per heavy atom. The molecule has 1 aliphatic carbocycles. The van der Waals surface area contributed by atoms with E-state index in [9.17, 15) is 13.6 Å². The summed E-state index contributed by atoms with van der Waals surface area (Å²) in [7, 11) is 0. The van der Waals surface area contributed by atoms with E-state index in [1.807, 2.05) is 4.90 Å². The van der Waals surface area contributed by atoms with Crippen molar-refractivity contribution in [3.63, 3.8) is 0 Å². The fourth-order valence-corrected chi connectivity index (χ4v) is 2.01. The van der Waals surface area contributed by atoms with Crippen molar-refractivity contribution in [1.82, 2.24) is 4.90 Å². The molecule has 0 aromatic heterocycles. The Kier molecular flexibility index (Phi) is 3.91. The van der Waals surface area contributed by atoms with E-state index in [2.05, 4.69) is 0 Å². The second kappa shape index (κ2) is 5.44. The number of halogens is 2. The zero-order valence-electron chi connectivity index (χ0n) is 9.90. The molecule has 1 saturated carbocycles. The van der Waals surface area contributed by atoms with Crippen LogP contribution in [0.5, 0.6) is 0 Å². The van der Waals surface area contributed by atoms with Crippen molar-refractivity contribution in [3.8, 4) is 0 Å². The number of hydrogen-bond donors (Lipinski definition) is 1. The van der Waals surface area contributed by atoms with Gasteiger partial charge in [0.2, 0.25) is 0 Å². The summed E-state index contributed by atoms with van der Waals surface area (Å²) in [5, 5.41) is 8.67. The first-order valence-corrected chi connectivity index (χ1v) is 5.95. The number of benzene rings is 1.